The van der Waals surface area contributed by atoms with E-state index in [-0.39, 0.29) is 0 Å². The molecule has 0 heterocycles. The highest BCUT2D eigenvalue weighted by atomic mass is 16.5. The maximum Gasteiger partial charge on any atom is 0.0754 e. The molecule has 1 N–H and O–H groups in total. The lowest BCUT2D eigenvalue weighted by Gasteiger charge is -2.38. The Kier molecular flexibility index (Phi) is 6.66. The second kappa shape index (κ2) is 8.26. The summed E-state index contributed by atoms with van der Waals surface area (Å²) >= 11 is 0. The summed E-state index contributed by atoms with van der Waals surface area (Å²) in [6.07, 6.45) is 16.0. The summed E-state index contributed by atoms with van der Waals surface area (Å²) in [5, 5.41) is 3.62. The van der Waals surface area contributed by atoms with E-state index < -0.39 is 0 Å². The molecule has 0 spiro atoms. The van der Waals surface area contributed by atoms with Gasteiger partial charge in [-0.15, -0.1) is 0 Å². The van der Waals surface area contributed by atoms with Crippen molar-refractivity contribution in [3.63, 3.8) is 0 Å². The van der Waals surface area contributed by atoms with Gasteiger partial charge in [0.1, 0.15) is 0 Å². The summed E-state index contributed by atoms with van der Waals surface area (Å²) in [7, 11) is 4.07. The van der Waals surface area contributed by atoms with E-state index in [1.807, 2.05) is 7.11 Å². The van der Waals surface area contributed by atoms with E-state index in [0.29, 0.717) is 12.1 Å². The van der Waals surface area contributed by atoms with E-state index in [0.717, 1.165) is 11.8 Å². The van der Waals surface area contributed by atoms with Gasteiger partial charge in [-0.1, -0.05) is 44.9 Å². The Bertz CT molecular complexity index is 229. The van der Waals surface area contributed by atoms with Crippen LogP contribution in [0.25, 0.3) is 0 Å². The number of ether oxygens (including phenoxy) is 1. The van der Waals surface area contributed by atoms with Crippen molar-refractivity contribution in [2.75, 3.05) is 14.2 Å². The molecule has 0 bridgehead atoms. The Hall–Kier alpha value is -0.0800. The van der Waals surface area contributed by atoms with Crippen molar-refractivity contribution < 1.29 is 4.74 Å². The fourth-order valence-corrected chi connectivity index (χ4v) is 4.43. The second-order valence-corrected chi connectivity index (χ2v) is 6.66. The van der Waals surface area contributed by atoms with Crippen molar-refractivity contribution in [2.45, 2.75) is 82.8 Å². The van der Waals surface area contributed by atoms with Crippen LogP contribution in [0.1, 0.15) is 70.6 Å². The normalized spacial score (nSPS) is 26.8. The van der Waals surface area contributed by atoms with Crippen LogP contribution in [0.5, 0.6) is 0 Å². The van der Waals surface area contributed by atoms with Crippen LogP contribution in [0.3, 0.4) is 0 Å². The molecule has 0 aromatic carbocycles. The topological polar surface area (TPSA) is 21.3 Å². The molecule has 2 heteroatoms. The number of hydrogen-bond acceptors (Lipinski definition) is 2. The molecular formula is C17H33NO. The van der Waals surface area contributed by atoms with Gasteiger partial charge in [0.25, 0.3) is 0 Å². The first-order valence-electron chi connectivity index (χ1n) is 8.57. The van der Waals surface area contributed by atoms with Crippen molar-refractivity contribution in [1.82, 2.24) is 5.32 Å². The third-order valence-electron chi connectivity index (χ3n) is 5.48. The molecule has 2 rings (SSSR count). The van der Waals surface area contributed by atoms with Crippen LogP contribution in [0.2, 0.25) is 0 Å². The molecule has 0 saturated heterocycles. The quantitative estimate of drug-likeness (QED) is 0.756. The van der Waals surface area contributed by atoms with Gasteiger partial charge >= 0.3 is 0 Å². The first-order valence-corrected chi connectivity index (χ1v) is 8.57. The number of methoxy groups -OCH3 is 1. The zero-order chi connectivity index (χ0) is 13.5. The van der Waals surface area contributed by atoms with E-state index in [1.54, 1.807) is 0 Å². The summed E-state index contributed by atoms with van der Waals surface area (Å²) < 4.78 is 5.97. The van der Waals surface area contributed by atoms with Gasteiger partial charge in [0.2, 0.25) is 0 Å². The maximum atomic E-state index is 5.97. The molecular weight excluding hydrogens is 234 g/mol. The van der Waals surface area contributed by atoms with E-state index >= 15 is 0 Å². The molecule has 0 aliphatic heterocycles. The average molecular weight is 267 g/mol. The third-order valence-corrected chi connectivity index (χ3v) is 5.48. The average Bonchev–Trinajstić information content (AvgIpc) is 2.74. The smallest absolute Gasteiger partial charge is 0.0754 e. The molecule has 2 nitrogen and oxygen atoms in total. The van der Waals surface area contributed by atoms with Gasteiger partial charge in [-0.2, -0.15) is 0 Å². The number of likely N-dealkylation sites (N-methyl/N-ethyl adjacent to an activating group) is 1. The first-order chi connectivity index (χ1) is 9.36. The predicted molar refractivity (Wildman–Crippen MR) is 81.4 cm³/mol. The molecule has 2 saturated carbocycles. The zero-order valence-electron chi connectivity index (χ0n) is 13.0. The van der Waals surface area contributed by atoms with E-state index in [1.165, 1.54) is 70.6 Å². The number of rotatable bonds is 5. The van der Waals surface area contributed by atoms with Crippen LogP contribution in [-0.4, -0.2) is 26.3 Å². The largest absolute Gasteiger partial charge is 0.380 e. The molecule has 2 aliphatic carbocycles. The van der Waals surface area contributed by atoms with Crippen LogP contribution < -0.4 is 5.32 Å². The van der Waals surface area contributed by atoms with Crippen LogP contribution in [0.4, 0.5) is 0 Å². The summed E-state index contributed by atoms with van der Waals surface area (Å²) in [6, 6.07) is 0.575. The third kappa shape index (κ3) is 4.19. The summed E-state index contributed by atoms with van der Waals surface area (Å²) in [4.78, 5) is 0. The van der Waals surface area contributed by atoms with Crippen molar-refractivity contribution in [3.8, 4) is 0 Å². The molecule has 0 radical (unpaired) electrons. The molecule has 2 unspecified atom stereocenters. The van der Waals surface area contributed by atoms with Crippen LogP contribution in [-0.2, 0) is 4.74 Å². The molecule has 2 atom stereocenters. The van der Waals surface area contributed by atoms with Gasteiger partial charge in [0, 0.05) is 13.2 Å². The molecule has 0 aromatic heterocycles. The second-order valence-electron chi connectivity index (χ2n) is 6.66. The van der Waals surface area contributed by atoms with Gasteiger partial charge in [-0.3, -0.25) is 0 Å². The predicted octanol–water partition coefficient (Wildman–Crippen LogP) is 4.14. The first kappa shape index (κ1) is 15.3. The molecule has 2 fully saturated rings. The summed E-state index contributed by atoms with van der Waals surface area (Å²) in [6.45, 7) is 0. The highest BCUT2D eigenvalue weighted by Crippen LogP contribution is 2.34. The highest BCUT2D eigenvalue weighted by Gasteiger charge is 2.34. The SMILES string of the molecule is CNC(C1CCCCCC1)C(OC)C1CCCCC1. The van der Waals surface area contributed by atoms with Gasteiger partial charge in [-0.25, -0.2) is 0 Å². The molecule has 112 valence electrons. The Morgan fingerprint density at radius 1 is 0.789 bits per heavy atom. The lowest BCUT2D eigenvalue weighted by molar-refractivity contribution is -0.00782. The summed E-state index contributed by atoms with van der Waals surface area (Å²) in [5.41, 5.74) is 0. The van der Waals surface area contributed by atoms with Gasteiger partial charge in [-0.05, 0) is 44.6 Å². The van der Waals surface area contributed by atoms with Crippen molar-refractivity contribution in [2.24, 2.45) is 11.8 Å². The zero-order valence-corrected chi connectivity index (χ0v) is 13.0. The number of nitrogens with one attached hydrogen (secondary N) is 1. The van der Waals surface area contributed by atoms with E-state index in [2.05, 4.69) is 12.4 Å². The van der Waals surface area contributed by atoms with Crippen LogP contribution in [0, 0.1) is 11.8 Å². The van der Waals surface area contributed by atoms with Crippen LogP contribution >= 0.6 is 0 Å². The molecule has 0 amide bonds. The minimum atomic E-state index is 0.438. The summed E-state index contributed by atoms with van der Waals surface area (Å²) in [5.74, 6) is 1.62. The Morgan fingerprint density at radius 2 is 1.26 bits per heavy atom. The van der Waals surface area contributed by atoms with Crippen molar-refractivity contribution in [1.29, 1.82) is 0 Å². The lowest BCUT2D eigenvalue weighted by Crippen LogP contribution is -2.48. The minimum absolute atomic E-state index is 0.438. The maximum absolute atomic E-state index is 5.97. The lowest BCUT2D eigenvalue weighted by atomic mass is 9.77. The standard InChI is InChI=1S/C17H33NO/c1-18-16(14-10-6-3-4-7-11-14)17(19-2)15-12-8-5-9-13-15/h14-18H,3-13H2,1-2H3. The monoisotopic (exact) mass is 267 g/mol. The minimum Gasteiger partial charge on any atom is -0.380 e. The fraction of sp³-hybridized carbons (Fsp3) is 1.00. The molecule has 2 aliphatic rings. The Balaban J connectivity index is 1.99. The van der Waals surface area contributed by atoms with Gasteiger partial charge < -0.3 is 10.1 Å². The van der Waals surface area contributed by atoms with E-state index in [4.69, 9.17) is 4.74 Å². The highest BCUT2D eigenvalue weighted by molar-refractivity contribution is 4.89. The van der Waals surface area contributed by atoms with Crippen molar-refractivity contribution >= 4 is 0 Å². The Morgan fingerprint density at radius 3 is 1.74 bits per heavy atom. The number of hydrogen-bond donors (Lipinski definition) is 1. The fourth-order valence-electron chi connectivity index (χ4n) is 4.43. The van der Waals surface area contributed by atoms with Crippen molar-refractivity contribution in [3.05, 3.63) is 0 Å². The Labute approximate surface area is 119 Å². The van der Waals surface area contributed by atoms with Gasteiger partial charge in [0.05, 0.1) is 6.10 Å². The van der Waals surface area contributed by atoms with Crippen LogP contribution in [0.15, 0.2) is 0 Å². The van der Waals surface area contributed by atoms with Gasteiger partial charge in [0.15, 0.2) is 0 Å². The van der Waals surface area contributed by atoms with E-state index in [9.17, 15) is 0 Å². The molecule has 19 heavy (non-hydrogen) atoms. The molecule has 0 aromatic rings.